The van der Waals surface area contributed by atoms with Crippen molar-refractivity contribution in [2.75, 3.05) is 93.6 Å². The number of piperidine rings is 2. The van der Waals surface area contributed by atoms with Crippen molar-refractivity contribution in [1.29, 1.82) is 0 Å². The Labute approximate surface area is 338 Å². The van der Waals surface area contributed by atoms with Crippen LogP contribution in [-0.2, 0) is 25.7 Å². The third-order valence-corrected chi connectivity index (χ3v) is 13.3. The van der Waals surface area contributed by atoms with Crippen molar-refractivity contribution in [2.24, 2.45) is 11.8 Å². The van der Waals surface area contributed by atoms with E-state index in [0.717, 1.165) is 49.1 Å². The van der Waals surface area contributed by atoms with Gasteiger partial charge in [-0.1, -0.05) is 78.9 Å². The Morgan fingerprint density at radius 3 is 2.11 bits per heavy atom. The highest BCUT2D eigenvalue weighted by molar-refractivity contribution is 5.98. The maximum atomic E-state index is 13.7. The molecule has 4 aromatic carbocycles. The van der Waals surface area contributed by atoms with E-state index in [2.05, 4.69) is 121 Å². The smallest absolute Gasteiger partial charge is 0.253 e. The normalized spacial score (nSPS) is 21.6. The predicted octanol–water partition coefficient (Wildman–Crippen LogP) is 2.88. The highest BCUT2D eigenvalue weighted by Crippen LogP contribution is 2.29. The molecule has 0 bridgehead atoms. The third-order valence-electron chi connectivity index (χ3n) is 13.3. The monoisotopic (exact) mass is 760 g/mol. The molecule has 2 aliphatic carbocycles. The van der Waals surface area contributed by atoms with Crippen molar-refractivity contribution >= 4 is 16.7 Å². The number of fused-ring (bicyclic) bond motifs is 3. The average Bonchev–Trinajstić information content (AvgIpc) is 3.86. The topological polar surface area (TPSA) is 52.3 Å². The van der Waals surface area contributed by atoms with E-state index in [-0.39, 0.29) is 5.91 Å². The molecule has 0 aromatic heterocycles. The van der Waals surface area contributed by atoms with Gasteiger partial charge in [0.1, 0.15) is 13.1 Å². The van der Waals surface area contributed by atoms with Crippen LogP contribution in [0.1, 0.15) is 58.3 Å². The van der Waals surface area contributed by atoms with Gasteiger partial charge in [0.05, 0.1) is 45.7 Å². The van der Waals surface area contributed by atoms with E-state index in [1.54, 1.807) is 16.0 Å². The van der Waals surface area contributed by atoms with Crippen LogP contribution >= 0.6 is 0 Å². The molecule has 0 spiro atoms. The summed E-state index contributed by atoms with van der Waals surface area (Å²) >= 11 is 0. The fourth-order valence-electron chi connectivity index (χ4n) is 10.1. The lowest BCUT2D eigenvalue weighted by atomic mass is 9.95. The minimum atomic E-state index is 0.165. The molecule has 0 radical (unpaired) electrons. The Bertz CT molecular complexity index is 1810. The van der Waals surface area contributed by atoms with E-state index in [1.807, 2.05) is 23.1 Å². The highest BCUT2D eigenvalue weighted by Gasteiger charge is 2.35. The van der Waals surface area contributed by atoms with Gasteiger partial charge < -0.3 is 24.9 Å². The van der Waals surface area contributed by atoms with Crippen molar-refractivity contribution < 1.29 is 19.9 Å². The zero-order valence-electron chi connectivity index (χ0n) is 35.0. The summed E-state index contributed by atoms with van der Waals surface area (Å²) in [7, 11) is 8.66. The summed E-state index contributed by atoms with van der Waals surface area (Å²) in [6.45, 7) is 11.5. The molecular formula is C49H71N6O+3. The molecule has 7 heteroatoms. The predicted molar refractivity (Wildman–Crippen MR) is 231 cm³/mol. The second kappa shape index (κ2) is 19.7. The number of likely N-dealkylation sites (N-methyl/N-ethyl adjacent to an activating group) is 2. The van der Waals surface area contributed by atoms with Gasteiger partial charge in [-0.3, -0.25) is 9.69 Å². The van der Waals surface area contributed by atoms with Gasteiger partial charge in [-0.15, -0.1) is 0 Å². The molecule has 8 rings (SSSR count). The number of carbonyl (C=O) groups excluding carboxylic acids is 1. The number of nitrogens with one attached hydrogen (secondary N) is 2. The van der Waals surface area contributed by atoms with Crippen LogP contribution in [0, 0.1) is 11.8 Å². The van der Waals surface area contributed by atoms with Crippen LogP contribution in [0.4, 0.5) is 0 Å². The molecule has 3 atom stereocenters. The van der Waals surface area contributed by atoms with Gasteiger partial charge in [-0.05, 0) is 110 Å². The van der Waals surface area contributed by atoms with Gasteiger partial charge in [0.25, 0.3) is 5.91 Å². The van der Waals surface area contributed by atoms with Crippen LogP contribution in [0.2, 0.25) is 0 Å². The minimum absolute atomic E-state index is 0.165. The number of likely N-dealkylation sites (tertiary alicyclic amines) is 2. The van der Waals surface area contributed by atoms with Crippen LogP contribution in [0.25, 0.3) is 10.8 Å². The van der Waals surface area contributed by atoms with Gasteiger partial charge in [-0.25, -0.2) is 0 Å². The first-order chi connectivity index (χ1) is 27.3. The van der Waals surface area contributed by atoms with Crippen LogP contribution in [0.3, 0.4) is 0 Å². The number of hydrogen-bond acceptors (Lipinski definition) is 3. The van der Waals surface area contributed by atoms with E-state index in [1.165, 1.54) is 107 Å². The molecule has 4 N–H and O–H groups in total. The summed E-state index contributed by atoms with van der Waals surface area (Å²) in [6.07, 6.45) is 10.3. The third kappa shape index (κ3) is 10.9. The second-order valence-electron chi connectivity index (χ2n) is 18.2. The summed E-state index contributed by atoms with van der Waals surface area (Å²) in [5.41, 5.74) is 7.07. The van der Waals surface area contributed by atoms with Crippen LogP contribution in [-0.4, -0.2) is 126 Å². The van der Waals surface area contributed by atoms with Gasteiger partial charge in [0, 0.05) is 50.6 Å². The average molecular weight is 760 g/mol. The van der Waals surface area contributed by atoms with Gasteiger partial charge in [0.2, 0.25) is 0 Å². The van der Waals surface area contributed by atoms with E-state index < -0.39 is 0 Å². The first-order valence-corrected chi connectivity index (χ1v) is 22.0. The van der Waals surface area contributed by atoms with E-state index in [9.17, 15) is 4.79 Å². The fourth-order valence-corrected chi connectivity index (χ4v) is 10.1. The Hall–Kier alpha value is -3.59. The quantitative estimate of drug-likeness (QED) is 0.184. The van der Waals surface area contributed by atoms with Gasteiger partial charge >= 0.3 is 0 Å². The maximum Gasteiger partial charge on any atom is 0.253 e. The molecular weight excluding hydrogens is 689 g/mol. The zero-order valence-corrected chi connectivity index (χ0v) is 35.0. The molecule has 3 unspecified atom stereocenters. The molecule has 2 aliphatic heterocycles. The number of rotatable bonds is 13. The molecule has 4 aromatic rings. The number of carbonyl (C=O) groups is 1. The Morgan fingerprint density at radius 1 is 0.786 bits per heavy atom. The molecule has 7 nitrogen and oxygen atoms in total. The molecule has 300 valence electrons. The van der Waals surface area contributed by atoms with Crippen molar-refractivity contribution in [3.8, 4) is 0 Å². The molecule has 0 saturated carbocycles. The maximum absolute atomic E-state index is 13.7. The van der Waals surface area contributed by atoms with Crippen LogP contribution in [0.15, 0.2) is 91.0 Å². The summed E-state index contributed by atoms with van der Waals surface area (Å²) in [6, 6.07) is 33.9. The zero-order chi connectivity index (χ0) is 38.9. The van der Waals surface area contributed by atoms with Gasteiger partial charge in [0.15, 0.2) is 0 Å². The summed E-state index contributed by atoms with van der Waals surface area (Å²) in [5.74, 6) is 1.63. The second-order valence-corrected chi connectivity index (χ2v) is 18.2. The van der Waals surface area contributed by atoms with E-state index in [4.69, 9.17) is 0 Å². The number of nitrogens with zero attached hydrogens (tertiary/aromatic N) is 3. The fraction of sp³-hybridized carbons (Fsp3) is 0.531. The summed E-state index contributed by atoms with van der Waals surface area (Å²) in [5, 5.41) is 4.87. The Morgan fingerprint density at radius 2 is 1.43 bits per heavy atom. The molecule has 4 aliphatic rings. The van der Waals surface area contributed by atoms with E-state index in [0.29, 0.717) is 12.0 Å². The lowest BCUT2D eigenvalue weighted by Crippen LogP contribution is -3.18. The van der Waals surface area contributed by atoms with Crippen LogP contribution in [0.5, 0.6) is 0 Å². The standard InChI is InChI=1S/C30H37N3O.C19H31N3/c1-31(2)16-17-33(30(34)28-14-13-24-9-3-4-10-25(24)18-28)22-23-8-7-15-32(21-23)29-19-26-11-5-6-12-27(26)20-29;1-21(2)11-9-20-14-16-6-5-10-22(15-16)19-12-17-7-3-4-8-18(17)13-19/h3-6,9-14,18,23,29H,7-8,15-17,19-22H2,1-2H3;3-4,7-8,16,19-20H,5-6,9-15H2,1-2H3/p+3. The first kappa shape index (κ1) is 40.6. The number of nitrogens with two attached hydrogens (primary N) is 1. The largest absolute Gasteiger partial charge is 0.341 e. The summed E-state index contributed by atoms with van der Waals surface area (Å²) in [4.78, 5) is 24.1. The molecule has 2 saturated heterocycles. The number of hydrogen-bond donors (Lipinski definition) is 3. The van der Waals surface area contributed by atoms with E-state index >= 15 is 0 Å². The molecule has 56 heavy (non-hydrogen) atoms. The van der Waals surface area contributed by atoms with Crippen molar-refractivity contribution in [3.63, 3.8) is 0 Å². The lowest BCUT2D eigenvalue weighted by molar-refractivity contribution is -0.935. The SMILES string of the molecule is CN(C)CCN(CC1CCCN(C2Cc3ccccc3C2)C1)C(=O)c1ccc2ccccc2c1.C[NH+](C)CC[NH2+]CC1CCC[NH+](C2Cc3ccccc3C2)C1. The number of amides is 1. The molecule has 1 amide bonds. The molecule has 2 heterocycles. The summed E-state index contributed by atoms with van der Waals surface area (Å²) < 4.78 is 0. The Kier molecular flexibility index (Phi) is 14.3. The van der Waals surface area contributed by atoms with Gasteiger partial charge in [-0.2, -0.15) is 0 Å². The Balaban J connectivity index is 0.000000189. The lowest BCUT2D eigenvalue weighted by Gasteiger charge is -2.39. The van der Waals surface area contributed by atoms with Crippen LogP contribution < -0.4 is 15.1 Å². The number of quaternary nitrogens is 3. The van der Waals surface area contributed by atoms with Crippen molar-refractivity contribution in [1.82, 2.24) is 14.7 Å². The molecule has 2 fully saturated rings. The first-order valence-electron chi connectivity index (χ1n) is 22.0. The highest BCUT2D eigenvalue weighted by atomic mass is 16.2. The number of benzene rings is 4. The minimum Gasteiger partial charge on any atom is -0.341 e. The van der Waals surface area contributed by atoms with Crippen molar-refractivity contribution in [3.05, 3.63) is 119 Å². The van der Waals surface area contributed by atoms with Crippen molar-refractivity contribution in [2.45, 2.75) is 63.5 Å².